The normalized spacial score (nSPS) is 11.3. The third kappa shape index (κ3) is 7.06. The van der Waals surface area contributed by atoms with Crippen LogP contribution in [-0.4, -0.2) is 24.8 Å². The summed E-state index contributed by atoms with van der Waals surface area (Å²) in [5, 5.41) is 2.21. The molecule has 28 heavy (non-hydrogen) atoms. The number of hydrogen-bond donors (Lipinski definition) is 1. The van der Waals surface area contributed by atoms with E-state index in [-0.39, 0.29) is 5.69 Å². The maximum Gasteiger partial charge on any atom is 0.573 e. The number of esters is 1. The van der Waals surface area contributed by atoms with Crippen LogP contribution in [-0.2, 0) is 14.3 Å². The lowest BCUT2D eigenvalue weighted by atomic mass is 10.2. The fraction of sp³-hybridized carbons (Fsp3) is 0.111. The monoisotopic (exact) mass is 401 g/mol. The molecule has 0 aromatic heterocycles. The SMILES string of the molecule is O=C(COC(=O)/C=C/c1ccc(OC(F)(F)F)cc1)Nc1ccc(F)c(F)c1. The molecule has 0 aliphatic heterocycles. The topological polar surface area (TPSA) is 64.6 Å². The Balaban J connectivity index is 1.81. The number of ether oxygens (including phenoxy) is 2. The molecule has 0 unspecified atom stereocenters. The van der Waals surface area contributed by atoms with Crippen LogP contribution in [0.25, 0.3) is 6.08 Å². The third-order valence-corrected chi connectivity index (χ3v) is 3.07. The van der Waals surface area contributed by atoms with E-state index in [0.29, 0.717) is 5.56 Å². The predicted octanol–water partition coefficient (Wildman–Crippen LogP) is 4.06. The standard InChI is InChI=1S/C18H12F5NO4/c19-14-7-4-12(9-15(14)20)24-16(25)10-27-17(26)8-3-11-1-5-13(6-2-11)28-18(21,22)23/h1-9H,10H2,(H,24,25)/b8-3+. The second kappa shape index (κ2) is 8.98. The number of hydrogen-bond acceptors (Lipinski definition) is 4. The average Bonchev–Trinajstić information content (AvgIpc) is 2.61. The lowest BCUT2D eigenvalue weighted by Crippen LogP contribution is -2.20. The molecule has 0 fully saturated rings. The zero-order valence-corrected chi connectivity index (χ0v) is 13.9. The maximum absolute atomic E-state index is 13.0. The second-order valence-corrected chi connectivity index (χ2v) is 5.23. The van der Waals surface area contributed by atoms with Gasteiger partial charge in [0.1, 0.15) is 5.75 Å². The Morgan fingerprint density at radius 2 is 1.68 bits per heavy atom. The van der Waals surface area contributed by atoms with Crippen molar-refractivity contribution in [1.29, 1.82) is 0 Å². The summed E-state index contributed by atoms with van der Waals surface area (Å²) in [5.41, 5.74) is 0.370. The molecule has 1 N–H and O–H groups in total. The molecule has 0 heterocycles. The summed E-state index contributed by atoms with van der Waals surface area (Å²) in [6.45, 7) is -0.680. The van der Waals surface area contributed by atoms with Crippen LogP contribution in [0.5, 0.6) is 5.75 Å². The molecule has 0 aliphatic rings. The minimum Gasteiger partial charge on any atom is -0.452 e. The summed E-state index contributed by atoms with van der Waals surface area (Å²) in [6.07, 6.45) is -2.58. The largest absolute Gasteiger partial charge is 0.573 e. The highest BCUT2D eigenvalue weighted by Gasteiger charge is 2.30. The summed E-state index contributed by atoms with van der Waals surface area (Å²) in [4.78, 5) is 23.2. The van der Waals surface area contributed by atoms with E-state index in [9.17, 15) is 31.5 Å². The molecule has 1 amide bonds. The Labute approximate surface area is 155 Å². The smallest absolute Gasteiger partial charge is 0.452 e. The summed E-state index contributed by atoms with van der Waals surface area (Å²) < 4.78 is 70.3. The van der Waals surface area contributed by atoms with Crippen LogP contribution >= 0.6 is 0 Å². The van der Waals surface area contributed by atoms with E-state index in [2.05, 4.69) is 14.8 Å². The number of amides is 1. The first-order valence-corrected chi connectivity index (χ1v) is 7.58. The lowest BCUT2D eigenvalue weighted by molar-refractivity contribution is -0.274. The van der Waals surface area contributed by atoms with Crippen molar-refractivity contribution >= 4 is 23.6 Å². The first-order chi connectivity index (χ1) is 13.1. The zero-order valence-electron chi connectivity index (χ0n) is 13.9. The minimum absolute atomic E-state index is 0.0170. The molecule has 0 spiro atoms. The van der Waals surface area contributed by atoms with Gasteiger partial charge in [-0.05, 0) is 35.9 Å². The molecule has 0 saturated carbocycles. The van der Waals surface area contributed by atoms with Gasteiger partial charge in [-0.2, -0.15) is 0 Å². The predicted molar refractivity (Wildman–Crippen MR) is 88.1 cm³/mol. The molecule has 0 saturated heterocycles. The molecule has 5 nitrogen and oxygen atoms in total. The van der Waals surface area contributed by atoms with Crippen molar-refractivity contribution in [3.05, 3.63) is 65.7 Å². The average molecular weight is 401 g/mol. The Kier molecular flexibility index (Phi) is 6.69. The van der Waals surface area contributed by atoms with Crippen LogP contribution in [0.3, 0.4) is 0 Å². The summed E-state index contributed by atoms with van der Waals surface area (Å²) >= 11 is 0. The third-order valence-electron chi connectivity index (χ3n) is 3.07. The Hall–Kier alpha value is -3.43. The number of anilines is 1. The number of nitrogens with one attached hydrogen (secondary N) is 1. The highest BCUT2D eigenvalue weighted by Crippen LogP contribution is 2.23. The number of benzene rings is 2. The van der Waals surface area contributed by atoms with E-state index in [1.807, 2.05) is 0 Å². The van der Waals surface area contributed by atoms with Crippen molar-refractivity contribution in [2.45, 2.75) is 6.36 Å². The van der Waals surface area contributed by atoms with Crippen LogP contribution in [0.1, 0.15) is 5.56 Å². The first-order valence-electron chi connectivity index (χ1n) is 7.58. The van der Waals surface area contributed by atoms with Crippen LogP contribution in [0.15, 0.2) is 48.5 Å². The summed E-state index contributed by atoms with van der Waals surface area (Å²) in [6, 6.07) is 7.40. The van der Waals surface area contributed by atoms with Gasteiger partial charge in [0.2, 0.25) is 0 Å². The van der Waals surface area contributed by atoms with Gasteiger partial charge in [0.05, 0.1) is 0 Å². The first kappa shape index (κ1) is 20.9. The van der Waals surface area contributed by atoms with E-state index < -0.39 is 42.2 Å². The Morgan fingerprint density at radius 1 is 1.00 bits per heavy atom. The fourth-order valence-electron chi connectivity index (χ4n) is 1.90. The second-order valence-electron chi connectivity index (χ2n) is 5.23. The van der Waals surface area contributed by atoms with Crippen molar-refractivity contribution in [2.24, 2.45) is 0 Å². The molecule has 2 aromatic rings. The van der Waals surface area contributed by atoms with E-state index in [1.165, 1.54) is 18.2 Å². The number of rotatable bonds is 6. The van der Waals surface area contributed by atoms with E-state index in [1.54, 1.807) is 0 Å². The van der Waals surface area contributed by atoms with Gasteiger partial charge in [-0.3, -0.25) is 4.79 Å². The number of alkyl halides is 3. The van der Waals surface area contributed by atoms with Crippen LogP contribution in [0, 0.1) is 11.6 Å². The number of carbonyl (C=O) groups is 2. The highest BCUT2D eigenvalue weighted by atomic mass is 19.4. The molecule has 0 radical (unpaired) electrons. The number of halogens is 5. The zero-order chi connectivity index (χ0) is 20.7. The summed E-state index contributed by atoms with van der Waals surface area (Å²) in [5.74, 6) is -4.31. The summed E-state index contributed by atoms with van der Waals surface area (Å²) in [7, 11) is 0. The van der Waals surface area contributed by atoms with Gasteiger partial charge in [0.25, 0.3) is 5.91 Å². The molecule has 10 heteroatoms. The Bertz CT molecular complexity index is 879. The molecule has 0 atom stereocenters. The van der Waals surface area contributed by atoms with Gasteiger partial charge in [0, 0.05) is 17.8 Å². The van der Waals surface area contributed by atoms with Crippen molar-refractivity contribution in [2.75, 3.05) is 11.9 Å². The minimum atomic E-state index is -4.80. The van der Waals surface area contributed by atoms with Crippen LogP contribution in [0.2, 0.25) is 0 Å². The van der Waals surface area contributed by atoms with Gasteiger partial charge in [-0.1, -0.05) is 12.1 Å². The van der Waals surface area contributed by atoms with Crippen LogP contribution in [0.4, 0.5) is 27.6 Å². The molecule has 0 bridgehead atoms. The van der Waals surface area contributed by atoms with Crippen LogP contribution < -0.4 is 10.1 Å². The molecule has 2 aromatic carbocycles. The van der Waals surface area contributed by atoms with E-state index >= 15 is 0 Å². The molecule has 0 aliphatic carbocycles. The quantitative estimate of drug-likeness (QED) is 0.451. The van der Waals surface area contributed by atoms with Crippen molar-refractivity contribution in [3.63, 3.8) is 0 Å². The van der Waals surface area contributed by atoms with E-state index in [4.69, 9.17) is 0 Å². The molecule has 2 rings (SSSR count). The van der Waals surface area contributed by atoms with Gasteiger partial charge < -0.3 is 14.8 Å². The molecular weight excluding hydrogens is 389 g/mol. The lowest BCUT2D eigenvalue weighted by Gasteiger charge is -2.08. The maximum atomic E-state index is 13.0. The fourth-order valence-corrected chi connectivity index (χ4v) is 1.90. The van der Waals surface area contributed by atoms with Crippen molar-refractivity contribution in [1.82, 2.24) is 0 Å². The van der Waals surface area contributed by atoms with Crippen molar-refractivity contribution < 1.29 is 41.0 Å². The van der Waals surface area contributed by atoms with Crippen molar-refractivity contribution in [3.8, 4) is 5.75 Å². The molecule has 148 valence electrons. The highest BCUT2D eigenvalue weighted by molar-refractivity contribution is 5.94. The van der Waals surface area contributed by atoms with Gasteiger partial charge in [-0.15, -0.1) is 13.2 Å². The molecular formula is C18H12F5NO4. The number of carbonyl (C=O) groups excluding carboxylic acids is 2. The van der Waals surface area contributed by atoms with E-state index in [0.717, 1.165) is 36.4 Å². The van der Waals surface area contributed by atoms with Gasteiger partial charge >= 0.3 is 12.3 Å². The van der Waals surface area contributed by atoms with Gasteiger partial charge in [-0.25, -0.2) is 13.6 Å². The van der Waals surface area contributed by atoms with Gasteiger partial charge in [0.15, 0.2) is 18.2 Å². The Morgan fingerprint density at radius 3 is 2.29 bits per heavy atom.